The summed E-state index contributed by atoms with van der Waals surface area (Å²) in [5, 5.41) is 0. The summed E-state index contributed by atoms with van der Waals surface area (Å²) in [5.74, 6) is 1.84. The van der Waals surface area contributed by atoms with Crippen LogP contribution < -0.4 is 4.74 Å². The number of benzene rings is 1. The second kappa shape index (κ2) is 7.84. The number of hydrogen-bond acceptors (Lipinski definition) is 4. The van der Waals surface area contributed by atoms with Gasteiger partial charge in [0.2, 0.25) is 5.91 Å². The summed E-state index contributed by atoms with van der Waals surface area (Å²) in [6.45, 7) is 3.53. The molecule has 6 heteroatoms. The molecule has 144 valence electrons. The van der Waals surface area contributed by atoms with Crippen molar-refractivity contribution in [3.8, 4) is 17.1 Å². The molecule has 0 radical (unpaired) electrons. The Morgan fingerprint density at radius 2 is 2.14 bits per heavy atom. The molecule has 0 bridgehead atoms. The van der Waals surface area contributed by atoms with Crippen LogP contribution in [0.1, 0.15) is 23.7 Å². The maximum atomic E-state index is 12.8. The zero-order valence-corrected chi connectivity index (χ0v) is 16.2. The van der Waals surface area contributed by atoms with Gasteiger partial charge in [0.25, 0.3) is 0 Å². The largest absolute Gasteiger partial charge is 0.497 e. The van der Waals surface area contributed by atoms with Gasteiger partial charge in [-0.05, 0) is 43.2 Å². The molecule has 2 aromatic heterocycles. The molecule has 0 spiro atoms. The monoisotopic (exact) mass is 376 g/mol. The fourth-order valence-electron chi connectivity index (χ4n) is 3.86. The third-order valence-corrected chi connectivity index (χ3v) is 5.27. The van der Waals surface area contributed by atoms with Crippen LogP contribution in [0.5, 0.6) is 5.75 Å². The Morgan fingerprint density at radius 3 is 2.93 bits per heavy atom. The molecule has 3 heterocycles. The van der Waals surface area contributed by atoms with Gasteiger partial charge in [-0.1, -0.05) is 12.1 Å². The lowest BCUT2D eigenvalue weighted by atomic mass is 10.1. The first-order valence-corrected chi connectivity index (χ1v) is 9.50. The minimum Gasteiger partial charge on any atom is -0.497 e. The first-order valence-electron chi connectivity index (χ1n) is 9.50. The topological polar surface area (TPSA) is 60.2 Å². The van der Waals surface area contributed by atoms with Gasteiger partial charge in [0.05, 0.1) is 19.6 Å². The minimum atomic E-state index is 0.149. The number of likely N-dealkylation sites (tertiary alicyclic amines) is 1. The molecule has 1 aromatic carbocycles. The third kappa shape index (κ3) is 3.63. The molecule has 1 atom stereocenters. The average Bonchev–Trinajstić information content (AvgIpc) is 3.35. The smallest absolute Gasteiger partial charge is 0.227 e. The number of nitrogens with zero attached hydrogens (tertiary/aromatic N) is 4. The molecule has 1 amide bonds. The molecule has 0 aliphatic carbocycles. The number of aromatic nitrogens is 3. The zero-order valence-electron chi connectivity index (χ0n) is 16.2. The predicted octanol–water partition coefficient (Wildman–Crippen LogP) is 3.28. The number of carbonyl (C=O) groups is 1. The SMILES string of the molecule is COc1cccc(CC(=O)N2CCC(n3c(C)cnc3-c3cccnc3)C2)c1. The van der Waals surface area contributed by atoms with E-state index in [0.717, 1.165) is 41.4 Å². The standard InChI is InChI=1S/C22H24N4O2/c1-16-13-24-22(18-6-4-9-23-14-18)26(16)19-8-10-25(15-19)21(27)12-17-5-3-7-20(11-17)28-2/h3-7,9,11,13-14,19H,8,10,12,15H2,1-2H3. The average molecular weight is 376 g/mol. The molecule has 1 aliphatic heterocycles. The Bertz CT molecular complexity index is 968. The van der Waals surface area contributed by atoms with Crippen molar-refractivity contribution in [2.45, 2.75) is 25.8 Å². The maximum absolute atomic E-state index is 12.8. The van der Waals surface area contributed by atoms with Crippen molar-refractivity contribution in [1.29, 1.82) is 0 Å². The third-order valence-electron chi connectivity index (χ3n) is 5.27. The number of aryl methyl sites for hydroxylation is 1. The minimum absolute atomic E-state index is 0.149. The molecular formula is C22H24N4O2. The highest BCUT2D eigenvalue weighted by Crippen LogP contribution is 2.29. The lowest BCUT2D eigenvalue weighted by Gasteiger charge is -2.20. The normalized spacial score (nSPS) is 16.4. The van der Waals surface area contributed by atoms with E-state index < -0.39 is 0 Å². The maximum Gasteiger partial charge on any atom is 0.227 e. The number of imidazole rings is 1. The Morgan fingerprint density at radius 1 is 1.25 bits per heavy atom. The highest BCUT2D eigenvalue weighted by atomic mass is 16.5. The molecule has 1 saturated heterocycles. The molecule has 1 aliphatic rings. The molecule has 28 heavy (non-hydrogen) atoms. The van der Waals surface area contributed by atoms with Crippen molar-refractivity contribution in [2.24, 2.45) is 0 Å². The van der Waals surface area contributed by atoms with Crippen LogP contribution in [0.4, 0.5) is 0 Å². The second-order valence-electron chi connectivity index (χ2n) is 7.15. The molecular weight excluding hydrogens is 352 g/mol. The Labute approximate surface area is 164 Å². The number of pyridine rings is 1. The number of carbonyl (C=O) groups excluding carboxylic acids is 1. The number of ether oxygens (including phenoxy) is 1. The summed E-state index contributed by atoms with van der Waals surface area (Å²) in [6, 6.07) is 11.9. The summed E-state index contributed by atoms with van der Waals surface area (Å²) in [5.41, 5.74) is 3.07. The predicted molar refractivity (Wildman–Crippen MR) is 107 cm³/mol. The van der Waals surface area contributed by atoms with E-state index in [1.807, 2.05) is 53.7 Å². The van der Waals surface area contributed by atoms with Crippen LogP contribution in [0.3, 0.4) is 0 Å². The van der Waals surface area contributed by atoms with Crippen LogP contribution >= 0.6 is 0 Å². The summed E-state index contributed by atoms with van der Waals surface area (Å²) < 4.78 is 7.50. The highest BCUT2D eigenvalue weighted by Gasteiger charge is 2.29. The molecule has 3 aromatic rings. The van der Waals surface area contributed by atoms with Gasteiger partial charge in [0.15, 0.2) is 0 Å². The Balaban J connectivity index is 1.49. The lowest BCUT2D eigenvalue weighted by Crippen LogP contribution is -2.30. The van der Waals surface area contributed by atoms with Gasteiger partial charge in [-0.15, -0.1) is 0 Å². The van der Waals surface area contributed by atoms with Gasteiger partial charge in [0.1, 0.15) is 11.6 Å². The van der Waals surface area contributed by atoms with E-state index in [2.05, 4.69) is 21.5 Å². The van der Waals surface area contributed by atoms with Crippen molar-refractivity contribution in [3.05, 3.63) is 66.2 Å². The van der Waals surface area contributed by atoms with E-state index in [9.17, 15) is 4.79 Å². The van der Waals surface area contributed by atoms with Crippen LogP contribution in [-0.4, -0.2) is 45.5 Å². The fourth-order valence-corrected chi connectivity index (χ4v) is 3.86. The van der Waals surface area contributed by atoms with Crippen molar-refractivity contribution in [2.75, 3.05) is 20.2 Å². The fraction of sp³-hybridized carbons (Fsp3) is 0.318. The van der Waals surface area contributed by atoms with E-state index in [1.54, 1.807) is 13.3 Å². The van der Waals surface area contributed by atoms with Crippen molar-refractivity contribution in [3.63, 3.8) is 0 Å². The van der Waals surface area contributed by atoms with Crippen LogP contribution in [-0.2, 0) is 11.2 Å². The van der Waals surface area contributed by atoms with Crippen LogP contribution in [0.2, 0.25) is 0 Å². The Hall–Kier alpha value is -3.15. The van der Waals surface area contributed by atoms with Gasteiger partial charge >= 0.3 is 0 Å². The summed E-state index contributed by atoms with van der Waals surface area (Å²) in [4.78, 5) is 23.6. The lowest BCUT2D eigenvalue weighted by molar-refractivity contribution is -0.129. The number of amides is 1. The number of rotatable bonds is 5. The van der Waals surface area contributed by atoms with Crippen LogP contribution in [0.15, 0.2) is 55.0 Å². The molecule has 1 unspecified atom stereocenters. The quantitative estimate of drug-likeness (QED) is 0.686. The van der Waals surface area contributed by atoms with Gasteiger partial charge in [0, 0.05) is 42.9 Å². The second-order valence-corrected chi connectivity index (χ2v) is 7.15. The van der Waals surface area contributed by atoms with Gasteiger partial charge in [-0.25, -0.2) is 4.98 Å². The zero-order chi connectivity index (χ0) is 19.5. The van der Waals surface area contributed by atoms with E-state index >= 15 is 0 Å². The summed E-state index contributed by atoms with van der Waals surface area (Å²) in [6.07, 6.45) is 6.80. The van der Waals surface area contributed by atoms with Crippen molar-refractivity contribution < 1.29 is 9.53 Å². The first kappa shape index (κ1) is 18.2. The van der Waals surface area contributed by atoms with Crippen LogP contribution in [0, 0.1) is 6.92 Å². The van der Waals surface area contributed by atoms with E-state index in [-0.39, 0.29) is 11.9 Å². The summed E-state index contributed by atoms with van der Waals surface area (Å²) >= 11 is 0. The number of hydrogen-bond donors (Lipinski definition) is 0. The van der Waals surface area contributed by atoms with Gasteiger partial charge in [-0.2, -0.15) is 0 Å². The number of methoxy groups -OCH3 is 1. The molecule has 0 N–H and O–H groups in total. The van der Waals surface area contributed by atoms with E-state index in [4.69, 9.17) is 4.74 Å². The Kier molecular flexibility index (Phi) is 5.10. The van der Waals surface area contributed by atoms with Crippen LogP contribution in [0.25, 0.3) is 11.4 Å². The van der Waals surface area contributed by atoms with Gasteiger partial charge < -0.3 is 14.2 Å². The molecule has 1 fully saturated rings. The molecule has 6 nitrogen and oxygen atoms in total. The van der Waals surface area contributed by atoms with Crippen molar-refractivity contribution >= 4 is 5.91 Å². The van der Waals surface area contributed by atoms with Gasteiger partial charge in [-0.3, -0.25) is 9.78 Å². The van der Waals surface area contributed by atoms with E-state index in [1.165, 1.54) is 0 Å². The van der Waals surface area contributed by atoms with Crippen molar-refractivity contribution in [1.82, 2.24) is 19.4 Å². The first-order chi connectivity index (χ1) is 13.7. The molecule has 4 rings (SSSR count). The van der Waals surface area contributed by atoms with E-state index in [0.29, 0.717) is 13.0 Å². The molecule has 0 saturated carbocycles. The highest BCUT2D eigenvalue weighted by molar-refractivity contribution is 5.79. The summed E-state index contributed by atoms with van der Waals surface area (Å²) in [7, 11) is 1.64.